The third kappa shape index (κ3) is 5.46. The van der Waals surface area contributed by atoms with Crippen LogP contribution in [0.15, 0.2) is 54.6 Å². The lowest BCUT2D eigenvalue weighted by Gasteiger charge is -2.20. The van der Waals surface area contributed by atoms with Gasteiger partial charge < -0.3 is 14.6 Å². The van der Waals surface area contributed by atoms with E-state index in [1.807, 2.05) is 49.4 Å². The first-order valence-electron chi connectivity index (χ1n) is 10.4. The average Bonchev–Trinajstić information content (AvgIpc) is 3.09. The quantitative estimate of drug-likeness (QED) is 0.633. The van der Waals surface area contributed by atoms with Gasteiger partial charge in [-0.1, -0.05) is 30.3 Å². The molecular weight excluding hydrogens is 397 g/mol. The van der Waals surface area contributed by atoms with Crippen molar-refractivity contribution in [1.82, 2.24) is 25.0 Å². The average molecular weight is 423 g/mol. The molecule has 1 aromatic heterocycles. The minimum Gasteiger partial charge on any atom is -0.484 e. The van der Waals surface area contributed by atoms with E-state index in [4.69, 9.17) is 4.74 Å². The Balaban J connectivity index is 1.33. The number of rotatable bonds is 7. The number of amides is 1. The molecule has 162 valence electrons. The highest BCUT2D eigenvalue weighted by Crippen LogP contribution is 2.17. The summed E-state index contributed by atoms with van der Waals surface area (Å²) >= 11 is 0. The SMILES string of the molecule is C[C@@H](NC(=O)COc1ccccc1)c1nnc2n1CCN(Cc1ccc(F)cc1)CC2. The summed E-state index contributed by atoms with van der Waals surface area (Å²) in [6.45, 7) is 5.02. The zero-order chi connectivity index (χ0) is 21.6. The van der Waals surface area contributed by atoms with Crippen LogP contribution in [0.2, 0.25) is 0 Å². The van der Waals surface area contributed by atoms with Crippen LogP contribution in [0, 0.1) is 5.82 Å². The minimum absolute atomic E-state index is 0.0548. The number of fused-ring (bicyclic) bond motifs is 1. The predicted octanol–water partition coefficient (Wildman–Crippen LogP) is 2.73. The topological polar surface area (TPSA) is 72.3 Å². The van der Waals surface area contributed by atoms with Crippen molar-refractivity contribution in [2.24, 2.45) is 0 Å². The van der Waals surface area contributed by atoms with Gasteiger partial charge in [-0.3, -0.25) is 9.69 Å². The molecule has 0 bridgehead atoms. The molecule has 31 heavy (non-hydrogen) atoms. The Hall–Kier alpha value is -3.26. The molecule has 1 aliphatic rings. The number of carbonyl (C=O) groups excluding carboxylic acids is 1. The third-order valence-electron chi connectivity index (χ3n) is 5.34. The highest BCUT2D eigenvalue weighted by molar-refractivity contribution is 5.77. The van der Waals surface area contributed by atoms with Crippen molar-refractivity contribution in [3.8, 4) is 5.75 Å². The fourth-order valence-electron chi connectivity index (χ4n) is 3.73. The van der Waals surface area contributed by atoms with Crippen LogP contribution in [0.3, 0.4) is 0 Å². The van der Waals surface area contributed by atoms with E-state index in [1.54, 1.807) is 0 Å². The van der Waals surface area contributed by atoms with Gasteiger partial charge in [0.05, 0.1) is 6.04 Å². The van der Waals surface area contributed by atoms with Gasteiger partial charge in [-0.05, 0) is 36.8 Å². The van der Waals surface area contributed by atoms with E-state index >= 15 is 0 Å². The molecule has 3 aromatic rings. The monoisotopic (exact) mass is 423 g/mol. The van der Waals surface area contributed by atoms with Crippen molar-refractivity contribution in [3.63, 3.8) is 0 Å². The summed E-state index contributed by atoms with van der Waals surface area (Å²) in [6, 6.07) is 15.6. The number of nitrogens with one attached hydrogen (secondary N) is 1. The van der Waals surface area contributed by atoms with Gasteiger partial charge in [-0.25, -0.2) is 4.39 Å². The van der Waals surface area contributed by atoms with Crippen LogP contribution in [0.4, 0.5) is 4.39 Å². The van der Waals surface area contributed by atoms with E-state index in [-0.39, 0.29) is 24.4 Å². The minimum atomic E-state index is -0.281. The lowest BCUT2D eigenvalue weighted by atomic mass is 10.2. The number of ether oxygens (including phenoxy) is 1. The van der Waals surface area contributed by atoms with Crippen LogP contribution < -0.4 is 10.1 Å². The molecule has 0 fully saturated rings. The normalized spacial score (nSPS) is 15.0. The molecule has 8 heteroatoms. The van der Waals surface area contributed by atoms with Crippen LogP contribution in [0.25, 0.3) is 0 Å². The Bertz CT molecular complexity index is 1010. The Morgan fingerprint density at radius 3 is 2.65 bits per heavy atom. The van der Waals surface area contributed by atoms with Crippen molar-refractivity contribution in [1.29, 1.82) is 0 Å². The first-order valence-corrected chi connectivity index (χ1v) is 10.4. The molecule has 2 heterocycles. The van der Waals surface area contributed by atoms with Gasteiger partial charge in [-0.15, -0.1) is 10.2 Å². The number of halogens is 1. The number of carbonyl (C=O) groups is 1. The molecule has 1 N–H and O–H groups in total. The summed E-state index contributed by atoms with van der Waals surface area (Å²) in [5, 5.41) is 11.6. The number of nitrogens with zero attached hydrogens (tertiary/aromatic N) is 4. The van der Waals surface area contributed by atoms with Gasteiger partial charge in [0.15, 0.2) is 12.4 Å². The number of hydrogen-bond donors (Lipinski definition) is 1. The third-order valence-corrected chi connectivity index (χ3v) is 5.34. The molecule has 1 amide bonds. The standard InChI is InChI=1S/C23H26FN5O2/c1-17(25-22(30)16-31-20-5-3-2-4-6-20)23-27-26-21-11-12-28(13-14-29(21)23)15-18-7-9-19(24)10-8-18/h2-10,17H,11-16H2,1H3,(H,25,30)/t17-/m1/s1. The van der Waals surface area contributed by atoms with Crippen LogP contribution in [0.5, 0.6) is 5.75 Å². The maximum absolute atomic E-state index is 13.1. The van der Waals surface area contributed by atoms with Crippen LogP contribution in [-0.2, 0) is 24.3 Å². The van der Waals surface area contributed by atoms with E-state index in [0.717, 1.165) is 49.8 Å². The smallest absolute Gasteiger partial charge is 0.258 e. The number of aromatic nitrogens is 3. The predicted molar refractivity (Wildman–Crippen MR) is 114 cm³/mol. The molecule has 0 unspecified atom stereocenters. The summed E-state index contributed by atoms with van der Waals surface area (Å²) in [5.74, 6) is 1.88. The molecule has 0 spiro atoms. The molecular formula is C23H26FN5O2. The van der Waals surface area contributed by atoms with Gasteiger partial charge in [0, 0.05) is 32.6 Å². The zero-order valence-electron chi connectivity index (χ0n) is 17.5. The largest absolute Gasteiger partial charge is 0.484 e. The molecule has 1 atom stereocenters. The van der Waals surface area contributed by atoms with E-state index in [1.165, 1.54) is 12.1 Å². The van der Waals surface area contributed by atoms with Crippen LogP contribution >= 0.6 is 0 Å². The van der Waals surface area contributed by atoms with Crippen LogP contribution in [-0.4, -0.2) is 45.3 Å². The Labute approximate surface area is 180 Å². The van der Waals surface area contributed by atoms with Gasteiger partial charge in [0.2, 0.25) is 0 Å². The lowest BCUT2D eigenvalue weighted by Crippen LogP contribution is -2.33. The maximum Gasteiger partial charge on any atom is 0.258 e. The summed E-state index contributed by atoms with van der Waals surface area (Å²) in [7, 11) is 0. The van der Waals surface area contributed by atoms with E-state index in [9.17, 15) is 9.18 Å². The summed E-state index contributed by atoms with van der Waals surface area (Å²) < 4.78 is 20.7. The highest BCUT2D eigenvalue weighted by atomic mass is 19.1. The first kappa shape index (κ1) is 21.0. The van der Waals surface area contributed by atoms with E-state index in [0.29, 0.717) is 5.75 Å². The molecule has 0 aliphatic carbocycles. The summed E-state index contributed by atoms with van der Waals surface area (Å²) in [6.07, 6.45) is 0.770. The van der Waals surface area contributed by atoms with E-state index in [2.05, 4.69) is 25.0 Å². The van der Waals surface area contributed by atoms with Gasteiger partial charge in [0.1, 0.15) is 17.4 Å². The van der Waals surface area contributed by atoms with E-state index < -0.39 is 0 Å². The molecule has 1 aliphatic heterocycles. The second kappa shape index (κ2) is 9.70. The van der Waals surface area contributed by atoms with Gasteiger partial charge in [-0.2, -0.15) is 0 Å². The molecule has 0 saturated carbocycles. The highest BCUT2D eigenvalue weighted by Gasteiger charge is 2.23. The first-order chi connectivity index (χ1) is 15.1. The van der Waals surface area contributed by atoms with Crippen molar-refractivity contribution < 1.29 is 13.9 Å². The second-order valence-corrected chi connectivity index (χ2v) is 7.67. The number of benzene rings is 2. The molecule has 7 nitrogen and oxygen atoms in total. The molecule has 2 aromatic carbocycles. The summed E-state index contributed by atoms with van der Waals surface area (Å²) in [4.78, 5) is 14.6. The fraction of sp³-hybridized carbons (Fsp3) is 0.348. The van der Waals surface area contributed by atoms with Gasteiger partial charge in [0.25, 0.3) is 5.91 Å². The molecule has 0 saturated heterocycles. The fourth-order valence-corrected chi connectivity index (χ4v) is 3.73. The van der Waals surface area contributed by atoms with Crippen molar-refractivity contribution in [3.05, 3.63) is 77.6 Å². The van der Waals surface area contributed by atoms with Crippen LogP contribution in [0.1, 0.15) is 30.2 Å². The second-order valence-electron chi connectivity index (χ2n) is 7.67. The Morgan fingerprint density at radius 2 is 1.87 bits per heavy atom. The lowest BCUT2D eigenvalue weighted by molar-refractivity contribution is -0.123. The summed E-state index contributed by atoms with van der Waals surface area (Å²) in [5.41, 5.74) is 1.08. The zero-order valence-corrected chi connectivity index (χ0v) is 17.5. The maximum atomic E-state index is 13.1. The Morgan fingerprint density at radius 1 is 1.10 bits per heavy atom. The van der Waals surface area contributed by atoms with Gasteiger partial charge >= 0.3 is 0 Å². The molecule has 4 rings (SSSR count). The number of hydrogen-bond acceptors (Lipinski definition) is 5. The molecule has 0 radical (unpaired) electrons. The Kier molecular flexibility index (Phi) is 6.57. The number of para-hydroxylation sites is 1. The van der Waals surface area contributed by atoms with Crippen molar-refractivity contribution in [2.45, 2.75) is 32.5 Å². The van der Waals surface area contributed by atoms with Crippen molar-refractivity contribution >= 4 is 5.91 Å². The van der Waals surface area contributed by atoms with Crippen molar-refractivity contribution in [2.75, 3.05) is 19.7 Å².